The zero-order valence-electron chi connectivity index (χ0n) is 28.6. The molecule has 0 aromatic carbocycles. The number of hydrogen-bond acceptors (Lipinski definition) is 18. The Hall–Kier alpha value is -2.88. The molecule has 7 unspecified atom stereocenters. The number of ether oxygens (including phenoxy) is 1. The summed E-state index contributed by atoms with van der Waals surface area (Å²) in [4.78, 5) is 86.9. The molecule has 0 saturated carbocycles. The van der Waals surface area contributed by atoms with Gasteiger partial charge in [-0.3, -0.25) is 32.5 Å². The van der Waals surface area contributed by atoms with Gasteiger partial charge in [-0.15, -0.1) is 12.3 Å². The molecule has 0 spiro atoms. The van der Waals surface area contributed by atoms with E-state index in [1.807, 2.05) is 0 Å². The highest BCUT2D eigenvalue weighted by atomic mass is 32.2. The first-order valence-corrected chi connectivity index (χ1v) is 21.0. The number of aliphatic hydroxyl groups excluding tert-OH is 2. The van der Waals surface area contributed by atoms with Gasteiger partial charge in [-0.1, -0.05) is 25.6 Å². The lowest BCUT2D eigenvalue weighted by atomic mass is 9.87. The van der Waals surface area contributed by atoms with Crippen molar-refractivity contribution < 1.29 is 80.5 Å². The molecule has 0 bridgehead atoms. The van der Waals surface area contributed by atoms with Crippen LogP contribution in [0.15, 0.2) is 12.7 Å². The van der Waals surface area contributed by atoms with Gasteiger partial charge < -0.3 is 50.9 Å². The number of imidazole rings is 1. The molecule has 10 N–H and O–H groups in total. The highest BCUT2D eigenvalue weighted by Gasteiger charge is 2.50. The van der Waals surface area contributed by atoms with Crippen LogP contribution in [0, 0.1) is 17.8 Å². The smallest absolute Gasteiger partial charge is 0.386 e. The van der Waals surface area contributed by atoms with Gasteiger partial charge in [0.1, 0.15) is 36.3 Å². The summed E-state index contributed by atoms with van der Waals surface area (Å²) in [5.74, 6) is 1.19. The minimum atomic E-state index is -5.57. The van der Waals surface area contributed by atoms with Gasteiger partial charge in [0.2, 0.25) is 11.8 Å². The minimum absolute atomic E-state index is 0.0279. The van der Waals surface area contributed by atoms with Crippen LogP contribution in [-0.4, -0.2) is 123 Å². The SMILES string of the molecule is C#CCCC(=O)SCCNC(=O)CCNC(=O)C(O)C(C)(C)COP(=O)(O)OP(=O)(O)OCC1OC(n2cnc3c(N)ncnc32)C(O)C1OP(=O)(O)O. The normalized spacial score (nSPS) is 21.8. The number of nitrogens with one attached hydrogen (secondary N) is 2. The standard InChI is InChI=1S/C26H40N7O17P3S/c1-4-5-6-17(35)54-10-9-28-16(34)7-8-29-24(38)21(37)26(2,3)12-47-53(44,45)50-52(42,43)46-11-15-20(49-51(39,40)41)19(36)25(48-15)33-14-32-18-22(27)30-13-31-23(18)33/h1,13-15,19-21,25,36-37H,5-12H2,2-3H3,(H,28,34)(H,29,38)(H,42,43)(H,44,45)(H2,27,30,31)(H2,39,40,41). The predicted molar refractivity (Wildman–Crippen MR) is 185 cm³/mol. The Bertz CT molecular complexity index is 1840. The zero-order valence-corrected chi connectivity index (χ0v) is 32.1. The molecule has 2 amide bonds. The zero-order chi connectivity index (χ0) is 40.5. The Morgan fingerprint density at radius 3 is 2.44 bits per heavy atom. The molecule has 1 aliphatic heterocycles. The van der Waals surface area contributed by atoms with Gasteiger partial charge in [-0.05, 0) is 0 Å². The molecule has 3 rings (SSSR count). The van der Waals surface area contributed by atoms with Crippen LogP contribution < -0.4 is 16.4 Å². The fraction of sp³-hybridized carbons (Fsp3) is 0.615. The average Bonchev–Trinajstić information content (AvgIpc) is 3.63. The number of phosphoric ester groups is 3. The van der Waals surface area contributed by atoms with E-state index in [4.69, 9.17) is 25.9 Å². The highest BCUT2D eigenvalue weighted by Crippen LogP contribution is 2.61. The monoisotopic (exact) mass is 847 g/mol. The van der Waals surface area contributed by atoms with Gasteiger partial charge >= 0.3 is 23.5 Å². The van der Waals surface area contributed by atoms with E-state index in [1.165, 1.54) is 13.8 Å². The average molecular weight is 848 g/mol. The van der Waals surface area contributed by atoms with Gasteiger partial charge in [0.05, 0.1) is 19.5 Å². The van der Waals surface area contributed by atoms with Crippen molar-refractivity contribution in [1.29, 1.82) is 0 Å². The number of nitrogens with two attached hydrogens (primary N) is 1. The summed E-state index contributed by atoms with van der Waals surface area (Å²) in [6.45, 7) is 0.435. The van der Waals surface area contributed by atoms with Crippen molar-refractivity contribution in [1.82, 2.24) is 30.2 Å². The Balaban J connectivity index is 1.51. The fourth-order valence-electron chi connectivity index (χ4n) is 4.54. The van der Waals surface area contributed by atoms with Crippen molar-refractivity contribution >= 4 is 69.1 Å². The number of aromatic nitrogens is 4. The molecule has 54 heavy (non-hydrogen) atoms. The van der Waals surface area contributed by atoms with Crippen LogP contribution in [0.4, 0.5) is 5.82 Å². The molecule has 28 heteroatoms. The Morgan fingerprint density at radius 2 is 1.78 bits per heavy atom. The van der Waals surface area contributed by atoms with Gasteiger partial charge in [-0.2, -0.15) is 4.31 Å². The number of nitrogens with zero attached hydrogens (tertiary/aromatic N) is 4. The maximum absolute atomic E-state index is 12.6. The molecule has 7 atom stereocenters. The summed E-state index contributed by atoms with van der Waals surface area (Å²) in [7, 11) is -16.4. The van der Waals surface area contributed by atoms with Crippen LogP contribution in [0.2, 0.25) is 0 Å². The quantitative estimate of drug-likeness (QED) is 0.0416. The van der Waals surface area contributed by atoms with Crippen molar-refractivity contribution in [3.8, 4) is 12.3 Å². The second kappa shape index (κ2) is 19.3. The van der Waals surface area contributed by atoms with E-state index in [-0.39, 0.29) is 48.0 Å². The van der Waals surface area contributed by atoms with Crippen LogP contribution in [0.25, 0.3) is 11.2 Å². The lowest BCUT2D eigenvalue weighted by Gasteiger charge is -2.30. The van der Waals surface area contributed by atoms with Gasteiger partial charge in [-0.25, -0.2) is 28.6 Å². The molecule has 302 valence electrons. The first-order chi connectivity index (χ1) is 25.1. The first-order valence-electron chi connectivity index (χ1n) is 15.5. The lowest BCUT2D eigenvalue weighted by Crippen LogP contribution is -2.46. The molecule has 2 aromatic rings. The van der Waals surface area contributed by atoms with Crippen molar-refractivity contribution in [3.63, 3.8) is 0 Å². The number of carbonyl (C=O) groups is 3. The van der Waals surface area contributed by atoms with E-state index in [0.717, 1.165) is 29.0 Å². The van der Waals surface area contributed by atoms with Gasteiger partial charge in [0, 0.05) is 43.5 Å². The third-order valence-electron chi connectivity index (χ3n) is 7.24. The van der Waals surface area contributed by atoms with E-state index in [2.05, 4.69) is 40.3 Å². The second-order valence-corrected chi connectivity index (χ2v) is 17.4. The molecule has 1 aliphatic rings. The van der Waals surface area contributed by atoms with Crippen molar-refractivity contribution in [2.24, 2.45) is 5.41 Å². The maximum Gasteiger partial charge on any atom is 0.481 e. The van der Waals surface area contributed by atoms with Crippen LogP contribution in [0.1, 0.15) is 39.3 Å². The number of amides is 2. The second-order valence-electron chi connectivity index (χ2n) is 12.0. The number of hydrogen-bond donors (Lipinski definition) is 9. The van der Waals surface area contributed by atoms with E-state index in [1.54, 1.807) is 0 Å². The highest BCUT2D eigenvalue weighted by molar-refractivity contribution is 8.13. The molecule has 24 nitrogen and oxygen atoms in total. The van der Waals surface area contributed by atoms with Crippen LogP contribution in [0.3, 0.4) is 0 Å². The molecule has 1 saturated heterocycles. The number of anilines is 1. The maximum atomic E-state index is 12.6. The van der Waals surface area contributed by atoms with Crippen LogP contribution in [-0.2, 0) is 50.7 Å². The lowest BCUT2D eigenvalue weighted by molar-refractivity contribution is -0.137. The number of nitrogen functional groups attached to an aromatic ring is 1. The number of aliphatic hydroxyl groups is 2. The Morgan fingerprint density at radius 1 is 1.09 bits per heavy atom. The van der Waals surface area contributed by atoms with E-state index in [9.17, 15) is 57.9 Å². The number of thioether (sulfide) groups is 1. The Kier molecular flexibility index (Phi) is 16.3. The predicted octanol–water partition coefficient (Wildman–Crippen LogP) is -0.922. The van der Waals surface area contributed by atoms with Crippen LogP contribution >= 0.6 is 35.2 Å². The van der Waals surface area contributed by atoms with Crippen molar-refractivity contribution in [2.45, 2.75) is 63.8 Å². The first kappa shape index (κ1) is 45.5. The largest absolute Gasteiger partial charge is 0.481 e. The topological polar surface area (TPSA) is 364 Å². The number of terminal acetylenes is 1. The van der Waals surface area contributed by atoms with Gasteiger partial charge in [0.25, 0.3) is 0 Å². The van der Waals surface area contributed by atoms with E-state index in [0.29, 0.717) is 12.2 Å². The fourth-order valence-corrected chi connectivity index (χ4v) is 8.05. The Labute approximate surface area is 311 Å². The molecule has 2 aromatic heterocycles. The summed E-state index contributed by atoms with van der Waals surface area (Å²) < 4.78 is 61.9. The van der Waals surface area contributed by atoms with Crippen molar-refractivity contribution in [3.05, 3.63) is 12.7 Å². The summed E-state index contributed by atoms with van der Waals surface area (Å²) in [5, 5.41) is 26.1. The summed E-state index contributed by atoms with van der Waals surface area (Å²) in [5.41, 5.74) is 4.25. The summed E-state index contributed by atoms with van der Waals surface area (Å²) in [6.07, 6.45) is -1.31. The molecule has 1 fully saturated rings. The van der Waals surface area contributed by atoms with Gasteiger partial charge in [0.15, 0.2) is 22.8 Å². The third kappa shape index (κ3) is 13.7. The van der Waals surface area contributed by atoms with Crippen molar-refractivity contribution in [2.75, 3.05) is 37.8 Å². The summed E-state index contributed by atoms with van der Waals surface area (Å²) in [6, 6.07) is 0. The van der Waals surface area contributed by atoms with E-state index >= 15 is 0 Å². The number of fused-ring (bicyclic) bond motifs is 1. The number of rotatable bonds is 21. The molecular formula is C26H40N7O17P3S. The van der Waals surface area contributed by atoms with Crippen LogP contribution in [0.5, 0.6) is 0 Å². The molecule has 3 heterocycles. The van der Waals surface area contributed by atoms with E-state index < -0.39 is 84.6 Å². The minimum Gasteiger partial charge on any atom is -0.386 e. The molecule has 0 aliphatic carbocycles. The summed E-state index contributed by atoms with van der Waals surface area (Å²) >= 11 is 1.01. The molecule has 0 radical (unpaired) electrons. The number of phosphoric acid groups is 3. The third-order valence-corrected chi connectivity index (χ3v) is 11.3. The molecular weight excluding hydrogens is 807 g/mol. The number of carbonyl (C=O) groups excluding carboxylic acids is 3.